The molecule has 1 aliphatic rings. The first-order valence-corrected chi connectivity index (χ1v) is 8.79. The van der Waals surface area contributed by atoms with Crippen LogP contribution in [0.25, 0.3) is 0 Å². The molecule has 0 spiro atoms. The van der Waals surface area contributed by atoms with Crippen LogP contribution in [0.5, 0.6) is 0 Å². The fraction of sp³-hybridized carbons (Fsp3) is 0.500. The summed E-state index contributed by atoms with van der Waals surface area (Å²) < 4.78 is 6.87. The molecule has 1 saturated heterocycles. The number of rotatable bonds is 5. The molecule has 1 aliphatic heterocycles. The number of nitrogens with zero attached hydrogens (tertiary/aromatic N) is 3. The minimum Gasteiger partial charge on any atom is -0.469 e. The lowest BCUT2D eigenvalue weighted by atomic mass is 10.0. The number of likely N-dealkylation sites (N-methyl/N-ethyl adjacent to an activating group) is 1. The Hall–Kier alpha value is -2.61. The summed E-state index contributed by atoms with van der Waals surface area (Å²) in [6, 6.07) is 1.34. The molecule has 2 N–H and O–H groups in total. The number of piperidine rings is 1. The Morgan fingerprint density at radius 3 is 2.62 bits per heavy atom. The molecule has 2 aromatic heterocycles. The number of hydrogen-bond acceptors (Lipinski definition) is 5. The average Bonchev–Trinajstić information content (AvgIpc) is 3.24. The Kier molecular flexibility index (Phi) is 5.41. The van der Waals surface area contributed by atoms with Gasteiger partial charge in [-0.15, -0.1) is 0 Å². The van der Waals surface area contributed by atoms with Crippen molar-refractivity contribution in [3.05, 3.63) is 41.6 Å². The first kappa shape index (κ1) is 18.2. The summed E-state index contributed by atoms with van der Waals surface area (Å²) in [5.41, 5.74) is 1.42. The monoisotopic (exact) mass is 359 g/mol. The number of hydrogen-bond donors (Lipinski definition) is 2. The normalized spacial score (nSPS) is 16.5. The van der Waals surface area contributed by atoms with E-state index in [9.17, 15) is 9.59 Å². The summed E-state index contributed by atoms with van der Waals surface area (Å²) in [7, 11) is 3.60. The molecule has 2 amide bonds. The van der Waals surface area contributed by atoms with Crippen LogP contribution in [0.2, 0.25) is 0 Å². The van der Waals surface area contributed by atoms with Gasteiger partial charge in [0.15, 0.2) is 0 Å². The molecule has 0 aliphatic carbocycles. The molecule has 1 atom stereocenters. The fourth-order valence-electron chi connectivity index (χ4n) is 3.33. The number of carbonyl (C=O) groups is 2. The van der Waals surface area contributed by atoms with Crippen molar-refractivity contribution >= 4 is 11.8 Å². The molecule has 8 nitrogen and oxygen atoms in total. The smallest absolute Gasteiger partial charge is 0.255 e. The van der Waals surface area contributed by atoms with E-state index < -0.39 is 6.04 Å². The van der Waals surface area contributed by atoms with Crippen LogP contribution in [-0.4, -0.2) is 52.7 Å². The van der Waals surface area contributed by atoms with Crippen molar-refractivity contribution in [3.63, 3.8) is 0 Å². The second-order valence-electron chi connectivity index (χ2n) is 6.63. The third-order valence-electron chi connectivity index (χ3n) is 4.84. The summed E-state index contributed by atoms with van der Waals surface area (Å²) in [4.78, 5) is 27.0. The third kappa shape index (κ3) is 3.80. The van der Waals surface area contributed by atoms with Gasteiger partial charge in [0.2, 0.25) is 5.91 Å². The van der Waals surface area contributed by atoms with Crippen molar-refractivity contribution in [1.29, 1.82) is 0 Å². The molecule has 1 unspecified atom stereocenters. The highest BCUT2D eigenvalue weighted by molar-refractivity contribution is 5.95. The number of aromatic nitrogens is 2. The van der Waals surface area contributed by atoms with Crippen LogP contribution < -0.4 is 10.6 Å². The molecule has 0 aromatic carbocycles. The van der Waals surface area contributed by atoms with E-state index in [0.29, 0.717) is 24.4 Å². The highest BCUT2D eigenvalue weighted by atomic mass is 16.3. The molecule has 8 heteroatoms. The minimum absolute atomic E-state index is 0.0379. The molecular weight excluding hydrogens is 334 g/mol. The van der Waals surface area contributed by atoms with Crippen LogP contribution in [0.3, 0.4) is 0 Å². The van der Waals surface area contributed by atoms with E-state index in [0.717, 1.165) is 18.4 Å². The van der Waals surface area contributed by atoms with Gasteiger partial charge in [0.1, 0.15) is 11.8 Å². The summed E-state index contributed by atoms with van der Waals surface area (Å²) >= 11 is 0. The summed E-state index contributed by atoms with van der Waals surface area (Å²) in [5, 5.41) is 10.2. The van der Waals surface area contributed by atoms with Crippen LogP contribution >= 0.6 is 0 Å². The van der Waals surface area contributed by atoms with Crippen molar-refractivity contribution in [3.8, 4) is 0 Å². The third-order valence-corrected chi connectivity index (χ3v) is 4.84. The predicted octanol–water partition coefficient (Wildman–Crippen LogP) is 1.00. The van der Waals surface area contributed by atoms with Crippen molar-refractivity contribution in [1.82, 2.24) is 25.3 Å². The molecule has 3 heterocycles. The zero-order valence-corrected chi connectivity index (χ0v) is 15.4. The maximum absolute atomic E-state index is 12.8. The van der Waals surface area contributed by atoms with E-state index in [4.69, 9.17) is 4.42 Å². The Morgan fingerprint density at radius 1 is 1.35 bits per heavy atom. The van der Waals surface area contributed by atoms with Crippen molar-refractivity contribution in [2.75, 3.05) is 20.1 Å². The van der Waals surface area contributed by atoms with Gasteiger partial charge in [-0.05, 0) is 32.9 Å². The second kappa shape index (κ2) is 7.74. The minimum atomic E-state index is -0.400. The first-order valence-electron chi connectivity index (χ1n) is 8.79. The Morgan fingerprint density at radius 2 is 2.08 bits per heavy atom. The van der Waals surface area contributed by atoms with Crippen molar-refractivity contribution in [2.24, 2.45) is 7.05 Å². The van der Waals surface area contributed by atoms with E-state index in [1.807, 2.05) is 18.1 Å². The highest BCUT2D eigenvalue weighted by Gasteiger charge is 2.30. The Labute approximate surface area is 152 Å². The van der Waals surface area contributed by atoms with Gasteiger partial charge in [0, 0.05) is 37.9 Å². The number of amides is 2. The van der Waals surface area contributed by atoms with Gasteiger partial charge in [-0.2, -0.15) is 5.10 Å². The number of aryl methyl sites for hydroxylation is 2. The number of nitrogens with one attached hydrogen (secondary N) is 2. The van der Waals surface area contributed by atoms with Gasteiger partial charge in [0.25, 0.3) is 5.91 Å². The fourth-order valence-corrected chi connectivity index (χ4v) is 3.33. The Bertz CT molecular complexity index is 773. The zero-order valence-electron chi connectivity index (χ0n) is 15.4. The van der Waals surface area contributed by atoms with Crippen LogP contribution in [0.15, 0.2) is 29.1 Å². The van der Waals surface area contributed by atoms with Crippen LogP contribution in [0, 0.1) is 6.92 Å². The van der Waals surface area contributed by atoms with Crippen LogP contribution in [-0.2, 0) is 11.8 Å². The Balaban J connectivity index is 1.55. The standard InChI is InChI=1S/C18H25N5O3/c1-12-15(6-9-26-12)17(24)21-14-4-7-23(8-5-14)18(25)16(19-2)13-10-20-22(3)11-13/h6,9-11,14,16,19H,4-5,7-8H2,1-3H3,(H,21,24). The molecule has 140 valence electrons. The lowest BCUT2D eigenvalue weighted by Crippen LogP contribution is -2.49. The summed E-state index contributed by atoms with van der Waals surface area (Å²) in [6.45, 7) is 3.01. The number of likely N-dealkylation sites (tertiary alicyclic amines) is 1. The molecule has 1 fully saturated rings. The summed E-state index contributed by atoms with van der Waals surface area (Å²) in [6.07, 6.45) is 6.54. The maximum Gasteiger partial charge on any atom is 0.255 e. The maximum atomic E-state index is 12.8. The number of carbonyl (C=O) groups excluding carboxylic acids is 2. The van der Waals surface area contributed by atoms with Crippen LogP contribution in [0.1, 0.15) is 40.6 Å². The van der Waals surface area contributed by atoms with Gasteiger partial charge >= 0.3 is 0 Å². The highest BCUT2D eigenvalue weighted by Crippen LogP contribution is 2.19. The second-order valence-corrected chi connectivity index (χ2v) is 6.63. The molecule has 0 bridgehead atoms. The molecule has 0 saturated carbocycles. The molecule has 3 rings (SSSR count). The van der Waals surface area contributed by atoms with E-state index in [1.54, 1.807) is 30.9 Å². The van der Waals surface area contributed by atoms with E-state index in [-0.39, 0.29) is 17.9 Å². The van der Waals surface area contributed by atoms with E-state index in [1.165, 1.54) is 6.26 Å². The topological polar surface area (TPSA) is 92.4 Å². The molecule has 2 aromatic rings. The van der Waals surface area contributed by atoms with Gasteiger partial charge in [-0.25, -0.2) is 0 Å². The van der Waals surface area contributed by atoms with Crippen molar-refractivity contribution in [2.45, 2.75) is 31.8 Å². The molecular formula is C18H25N5O3. The largest absolute Gasteiger partial charge is 0.469 e. The van der Waals surface area contributed by atoms with Crippen molar-refractivity contribution < 1.29 is 14.0 Å². The van der Waals surface area contributed by atoms with Gasteiger partial charge in [-0.1, -0.05) is 0 Å². The quantitative estimate of drug-likeness (QED) is 0.831. The van der Waals surface area contributed by atoms with E-state index >= 15 is 0 Å². The molecule has 0 radical (unpaired) electrons. The molecule has 26 heavy (non-hydrogen) atoms. The predicted molar refractivity (Wildman–Crippen MR) is 95.5 cm³/mol. The van der Waals surface area contributed by atoms with Gasteiger partial charge in [0.05, 0.1) is 18.0 Å². The lowest BCUT2D eigenvalue weighted by molar-refractivity contribution is -0.134. The van der Waals surface area contributed by atoms with Gasteiger partial charge in [-0.3, -0.25) is 14.3 Å². The lowest BCUT2D eigenvalue weighted by Gasteiger charge is -2.34. The number of furan rings is 1. The SMILES string of the molecule is CNC(C(=O)N1CCC(NC(=O)c2ccoc2C)CC1)c1cnn(C)c1. The van der Waals surface area contributed by atoms with E-state index in [2.05, 4.69) is 15.7 Å². The van der Waals surface area contributed by atoms with Gasteiger partial charge < -0.3 is 20.0 Å². The zero-order chi connectivity index (χ0) is 18.7. The summed E-state index contributed by atoms with van der Waals surface area (Å²) in [5.74, 6) is 0.531. The van der Waals surface area contributed by atoms with Crippen LogP contribution in [0.4, 0.5) is 0 Å². The average molecular weight is 359 g/mol. The first-order chi connectivity index (χ1) is 12.5.